The fourth-order valence-corrected chi connectivity index (χ4v) is 3.18. The lowest BCUT2D eigenvalue weighted by molar-refractivity contribution is 0.169. The molecule has 0 saturated heterocycles. The first-order valence-corrected chi connectivity index (χ1v) is 8.47. The van der Waals surface area contributed by atoms with E-state index in [1.165, 1.54) is 0 Å². The summed E-state index contributed by atoms with van der Waals surface area (Å²) in [5.41, 5.74) is 2.94. The Hall–Kier alpha value is -2.51. The van der Waals surface area contributed by atoms with Crippen LogP contribution in [-0.4, -0.2) is 36.5 Å². The van der Waals surface area contributed by atoms with Crippen molar-refractivity contribution in [2.24, 2.45) is 0 Å². The summed E-state index contributed by atoms with van der Waals surface area (Å²) in [5, 5.41) is 23.0. The van der Waals surface area contributed by atoms with Gasteiger partial charge in [-0.15, -0.1) is 10.2 Å². The van der Waals surface area contributed by atoms with E-state index in [-0.39, 0.29) is 0 Å². The second-order valence-electron chi connectivity index (χ2n) is 6.41. The second-order valence-corrected chi connectivity index (χ2v) is 6.41. The molecule has 1 atom stereocenters. The van der Waals surface area contributed by atoms with Gasteiger partial charge in [0.05, 0.1) is 24.5 Å². The Morgan fingerprint density at radius 2 is 2.04 bits per heavy atom. The van der Waals surface area contributed by atoms with Crippen LogP contribution < -0.4 is 0 Å². The van der Waals surface area contributed by atoms with Gasteiger partial charge in [0.25, 0.3) is 0 Å². The summed E-state index contributed by atoms with van der Waals surface area (Å²) in [7, 11) is 0. The van der Waals surface area contributed by atoms with E-state index in [0.29, 0.717) is 24.7 Å². The molecule has 0 unspecified atom stereocenters. The normalized spacial score (nSPS) is 15.9. The Bertz CT molecular complexity index is 842. The van der Waals surface area contributed by atoms with Crippen molar-refractivity contribution in [3.8, 4) is 0 Å². The number of benzene rings is 1. The maximum Gasteiger partial charge on any atom is 0.230 e. The van der Waals surface area contributed by atoms with Crippen LogP contribution in [0.3, 0.4) is 0 Å². The third kappa shape index (κ3) is 3.62. The molecule has 7 heteroatoms. The number of aromatic nitrogens is 4. The highest BCUT2D eigenvalue weighted by Crippen LogP contribution is 2.22. The summed E-state index contributed by atoms with van der Waals surface area (Å²) in [6.45, 7) is 4.84. The van der Waals surface area contributed by atoms with Gasteiger partial charge in [-0.3, -0.25) is 9.58 Å². The Morgan fingerprint density at radius 1 is 1.20 bits per heavy atom. The number of hydrogen-bond acceptors (Lipinski definition) is 6. The molecule has 0 aliphatic carbocycles. The fourth-order valence-electron chi connectivity index (χ4n) is 3.18. The lowest BCUT2D eigenvalue weighted by Crippen LogP contribution is -2.33. The molecule has 4 rings (SSSR count). The average Bonchev–Trinajstić information content (AvgIpc) is 3.21. The van der Waals surface area contributed by atoms with Crippen LogP contribution in [0.15, 0.2) is 40.8 Å². The zero-order valence-corrected chi connectivity index (χ0v) is 14.2. The van der Waals surface area contributed by atoms with Crippen LogP contribution in [0, 0.1) is 6.92 Å². The van der Waals surface area contributed by atoms with E-state index in [2.05, 4.69) is 20.2 Å². The molecule has 1 aliphatic rings. The Kier molecular flexibility index (Phi) is 4.33. The number of nitrogens with zero attached hydrogens (tertiary/aromatic N) is 5. The van der Waals surface area contributed by atoms with Gasteiger partial charge in [-0.25, -0.2) is 0 Å². The van der Waals surface area contributed by atoms with Crippen LogP contribution in [0.2, 0.25) is 0 Å². The zero-order chi connectivity index (χ0) is 17.2. The van der Waals surface area contributed by atoms with Crippen LogP contribution in [-0.2, 0) is 26.1 Å². The van der Waals surface area contributed by atoms with Crippen molar-refractivity contribution >= 4 is 0 Å². The van der Waals surface area contributed by atoms with Crippen LogP contribution in [0.4, 0.5) is 0 Å². The molecule has 0 fully saturated rings. The SMILES string of the molecule is Cc1nnc(CN2CCn3nc([C@H](O)Cc4ccccc4)cc3C2)o1. The summed E-state index contributed by atoms with van der Waals surface area (Å²) < 4.78 is 7.44. The number of fused-ring (bicyclic) bond motifs is 1. The molecule has 2 aromatic heterocycles. The Balaban J connectivity index is 1.43. The number of aliphatic hydroxyl groups excluding tert-OH is 1. The summed E-state index contributed by atoms with van der Waals surface area (Å²) in [6, 6.07) is 12.0. The summed E-state index contributed by atoms with van der Waals surface area (Å²) >= 11 is 0. The molecule has 0 bridgehead atoms. The van der Waals surface area contributed by atoms with Gasteiger partial charge in [0.1, 0.15) is 6.10 Å². The highest BCUT2D eigenvalue weighted by Gasteiger charge is 2.22. The maximum absolute atomic E-state index is 10.5. The van der Waals surface area contributed by atoms with E-state index in [1.807, 2.05) is 41.1 Å². The van der Waals surface area contributed by atoms with Crippen LogP contribution in [0.5, 0.6) is 0 Å². The molecule has 7 nitrogen and oxygen atoms in total. The Morgan fingerprint density at radius 3 is 2.80 bits per heavy atom. The van der Waals surface area contributed by atoms with Crippen molar-refractivity contribution in [1.82, 2.24) is 24.9 Å². The standard InChI is InChI=1S/C18H21N5O2/c1-13-19-20-18(25-13)12-22-7-8-23-15(11-22)10-16(21-23)17(24)9-14-5-3-2-4-6-14/h2-6,10,17,24H,7-9,11-12H2,1H3/t17-/m1/s1. The first-order chi connectivity index (χ1) is 12.2. The quantitative estimate of drug-likeness (QED) is 0.764. The maximum atomic E-state index is 10.5. The van der Waals surface area contributed by atoms with Gasteiger partial charge in [-0.1, -0.05) is 30.3 Å². The molecular weight excluding hydrogens is 318 g/mol. The monoisotopic (exact) mass is 339 g/mol. The van der Waals surface area contributed by atoms with Crippen molar-refractivity contribution < 1.29 is 9.52 Å². The van der Waals surface area contributed by atoms with E-state index in [0.717, 1.165) is 36.6 Å². The van der Waals surface area contributed by atoms with Gasteiger partial charge in [0.15, 0.2) is 0 Å². The third-order valence-corrected chi connectivity index (χ3v) is 4.44. The lowest BCUT2D eigenvalue weighted by Gasteiger charge is -2.25. The van der Waals surface area contributed by atoms with Crippen LogP contribution >= 0.6 is 0 Å². The number of aryl methyl sites for hydroxylation is 1. The van der Waals surface area contributed by atoms with Crippen LogP contribution in [0.25, 0.3) is 0 Å². The topological polar surface area (TPSA) is 80.2 Å². The molecule has 130 valence electrons. The van der Waals surface area contributed by atoms with Crippen molar-refractivity contribution in [2.75, 3.05) is 6.54 Å². The molecule has 25 heavy (non-hydrogen) atoms. The minimum atomic E-state index is -0.590. The fraction of sp³-hybridized carbons (Fsp3) is 0.389. The first-order valence-electron chi connectivity index (χ1n) is 8.47. The van der Waals surface area contributed by atoms with E-state index in [4.69, 9.17) is 4.42 Å². The molecule has 3 heterocycles. The van der Waals surface area contributed by atoms with Crippen molar-refractivity contribution in [1.29, 1.82) is 0 Å². The van der Waals surface area contributed by atoms with Crippen molar-refractivity contribution in [3.63, 3.8) is 0 Å². The molecule has 0 amide bonds. The average molecular weight is 339 g/mol. The van der Waals surface area contributed by atoms with E-state index < -0.39 is 6.10 Å². The largest absolute Gasteiger partial charge is 0.424 e. The Labute approximate surface area is 145 Å². The minimum Gasteiger partial charge on any atom is -0.424 e. The molecule has 1 aromatic carbocycles. The summed E-state index contributed by atoms with van der Waals surface area (Å²) in [6.07, 6.45) is -0.0185. The molecule has 0 saturated carbocycles. The molecule has 3 aromatic rings. The van der Waals surface area contributed by atoms with Crippen LogP contribution in [0.1, 0.15) is 34.8 Å². The molecule has 0 spiro atoms. The second kappa shape index (κ2) is 6.78. The van der Waals surface area contributed by atoms with Gasteiger partial charge in [0, 0.05) is 26.4 Å². The number of rotatable bonds is 5. The smallest absolute Gasteiger partial charge is 0.230 e. The predicted octanol–water partition coefficient (Wildman–Crippen LogP) is 1.87. The molecule has 1 aliphatic heterocycles. The van der Waals surface area contributed by atoms with Gasteiger partial charge < -0.3 is 9.52 Å². The third-order valence-electron chi connectivity index (χ3n) is 4.44. The van der Waals surface area contributed by atoms with Gasteiger partial charge in [0.2, 0.25) is 11.8 Å². The summed E-state index contributed by atoms with van der Waals surface area (Å²) in [4.78, 5) is 2.25. The minimum absolute atomic E-state index is 0.572. The van der Waals surface area contributed by atoms with E-state index in [9.17, 15) is 5.11 Å². The summed E-state index contributed by atoms with van der Waals surface area (Å²) in [5.74, 6) is 1.22. The van der Waals surface area contributed by atoms with E-state index >= 15 is 0 Å². The predicted molar refractivity (Wildman–Crippen MR) is 90.5 cm³/mol. The van der Waals surface area contributed by atoms with Gasteiger partial charge in [-0.2, -0.15) is 5.10 Å². The molecule has 1 N–H and O–H groups in total. The first kappa shape index (κ1) is 16.0. The number of aliphatic hydroxyl groups is 1. The number of hydrogen-bond donors (Lipinski definition) is 1. The highest BCUT2D eigenvalue weighted by molar-refractivity contribution is 5.20. The van der Waals surface area contributed by atoms with Gasteiger partial charge >= 0.3 is 0 Å². The molecule has 0 radical (unpaired) electrons. The van der Waals surface area contributed by atoms with Crippen molar-refractivity contribution in [3.05, 3.63) is 65.1 Å². The van der Waals surface area contributed by atoms with Gasteiger partial charge in [-0.05, 0) is 11.6 Å². The van der Waals surface area contributed by atoms with E-state index in [1.54, 1.807) is 6.92 Å². The van der Waals surface area contributed by atoms with Crippen molar-refractivity contribution in [2.45, 2.75) is 39.1 Å². The molecular formula is C18H21N5O2. The lowest BCUT2D eigenvalue weighted by atomic mass is 10.1. The zero-order valence-electron chi connectivity index (χ0n) is 14.2. The highest BCUT2D eigenvalue weighted by atomic mass is 16.4.